The zero-order valence-electron chi connectivity index (χ0n) is 7.11. The average molecular weight is 194 g/mol. The molecule has 6 nitrogen and oxygen atoms in total. The van der Waals surface area contributed by atoms with Gasteiger partial charge in [-0.15, -0.1) is 0 Å². The molecule has 5 N–H and O–H groups in total. The lowest BCUT2D eigenvalue weighted by molar-refractivity contribution is -0.229. The van der Waals surface area contributed by atoms with Crippen molar-refractivity contribution < 1.29 is 30.3 Å². The molecule has 1 saturated carbocycles. The number of hydrogen-bond donors (Lipinski definition) is 5. The Hall–Kier alpha value is -0.240. The van der Waals surface area contributed by atoms with E-state index in [-0.39, 0.29) is 0 Å². The van der Waals surface area contributed by atoms with Crippen LogP contribution in [0, 0.1) is 0 Å². The Labute approximate surface area is 75.0 Å². The van der Waals surface area contributed by atoms with Crippen LogP contribution in [0.2, 0.25) is 0 Å². The van der Waals surface area contributed by atoms with Crippen LogP contribution < -0.4 is 0 Å². The van der Waals surface area contributed by atoms with Gasteiger partial charge in [0.2, 0.25) is 0 Å². The zero-order valence-corrected chi connectivity index (χ0v) is 7.11. The van der Waals surface area contributed by atoms with Crippen LogP contribution in [0.4, 0.5) is 0 Å². The molecule has 0 heterocycles. The van der Waals surface area contributed by atoms with Gasteiger partial charge in [0, 0.05) is 7.11 Å². The molecule has 78 valence electrons. The highest BCUT2D eigenvalue weighted by molar-refractivity contribution is 4.99. The molecule has 0 amide bonds. The number of ether oxygens (including phenoxy) is 1. The van der Waals surface area contributed by atoms with Crippen molar-refractivity contribution in [3.63, 3.8) is 0 Å². The Kier molecular flexibility index (Phi) is 3.23. The van der Waals surface area contributed by atoms with Gasteiger partial charge < -0.3 is 30.3 Å². The van der Waals surface area contributed by atoms with E-state index in [0.717, 1.165) is 0 Å². The van der Waals surface area contributed by atoms with Gasteiger partial charge in [-0.25, -0.2) is 0 Å². The Morgan fingerprint density at radius 2 is 1.00 bits per heavy atom. The molecule has 0 saturated heterocycles. The van der Waals surface area contributed by atoms with Gasteiger partial charge in [0.1, 0.15) is 36.6 Å². The molecule has 1 rings (SSSR count). The molecule has 0 radical (unpaired) electrons. The molecular formula is C7H14O6. The lowest BCUT2D eigenvalue weighted by atomic mass is 9.85. The second kappa shape index (κ2) is 3.87. The first kappa shape index (κ1) is 10.8. The van der Waals surface area contributed by atoms with E-state index in [1.807, 2.05) is 0 Å². The first-order valence-corrected chi connectivity index (χ1v) is 3.93. The zero-order chi connectivity index (χ0) is 10.2. The Balaban J connectivity index is 2.79. The standard InChI is InChI=1S/C7H14O6/c1-13-7-5(11)3(9)2(8)4(10)6(7)12/h2-12H,1H3/t2?,3-,4?,5-,6+,7?/m0/s1. The summed E-state index contributed by atoms with van der Waals surface area (Å²) in [6, 6.07) is 0. The minimum Gasteiger partial charge on any atom is -0.387 e. The second-order valence-electron chi connectivity index (χ2n) is 3.15. The summed E-state index contributed by atoms with van der Waals surface area (Å²) in [5.41, 5.74) is 0. The van der Waals surface area contributed by atoms with Crippen LogP contribution in [0.15, 0.2) is 0 Å². The van der Waals surface area contributed by atoms with Gasteiger partial charge in [-0.2, -0.15) is 0 Å². The van der Waals surface area contributed by atoms with Gasteiger partial charge in [-0.1, -0.05) is 0 Å². The van der Waals surface area contributed by atoms with E-state index in [1.165, 1.54) is 7.11 Å². The summed E-state index contributed by atoms with van der Waals surface area (Å²) >= 11 is 0. The van der Waals surface area contributed by atoms with Crippen LogP contribution in [0.3, 0.4) is 0 Å². The maximum absolute atomic E-state index is 9.29. The number of methoxy groups -OCH3 is 1. The SMILES string of the molecule is COC1[C@H](O)C(O)C(O)[C@H](O)[C@@H]1O. The van der Waals surface area contributed by atoms with Gasteiger partial charge in [0.05, 0.1) is 0 Å². The van der Waals surface area contributed by atoms with E-state index >= 15 is 0 Å². The summed E-state index contributed by atoms with van der Waals surface area (Å²) < 4.78 is 4.67. The number of aliphatic hydroxyl groups is 5. The van der Waals surface area contributed by atoms with Crippen LogP contribution in [-0.4, -0.2) is 69.3 Å². The Morgan fingerprint density at radius 3 is 1.31 bits per heavy atom. The van der Waals surface area contributed by atoms with Crippen molar-refractivity contribution in [3.05, 3.63) is 0 Å². The van der Waals surface area contributed by atoms with Gasteiger partial charge in [-0.05, 0) is 0 Å². The summed E-state index contributed by atoms with van der Waals surface area (Å²) in [6.45, 7) is 0. The van der Waals surface area contributed by atoms with Crippen LogP contribution in [0.25, 0.3) is 0 Å². The van der Waals surface area contributed by atoms with Crippen molar-refractivity contribution in [2.75, 3.05) is 7.11 Å². The molecule has 6 heteroatoms. The molecule has 0 aromatic rings. The minimum absolute atomic E-state index is 1.09. The van der Waals surface area contributed by atoms with Gasteiger partial charge in [-0.3, -0.25) is 0 Å². The van der Waals surface area contributed by atoms with Crippen LogP contribution in [-0.2, 0) is 4.74 Å². The normalized spacial score (nSPS) is 52.2. The highest BCUT2D eigenvalue weighted by Gasteiger charge is 2.48. The summed E-state index contributed by atoms with van der Waals surface area (Å²) in [4.78, 5) is 0. The van der Waals surface area contributed by atoms with Gasteiger partial charge in [0.15, 0.2) is 0 Å². The Bertz CT molecular complexity index is 158. The molecule has 1 aliphatic carbocycles. The monoisotopic (exact) mass is 194 g/mol. The molecule has 0 aliphatic heterocycles. The molecule has 0 bridgehead atoms. The first-order valence-electron chi connectivity index (χ1n) is 3.93. The van der Waals surface area contributed by atoms with Crippen LogP contribution in [0.5, 0.6) is 0 Å². The van der Waals surface area contributed by atoms with Crippen molar-refractivity contribution in [2.24, 2.45) is 0 Å². The summed E-state index contributed by atoms with van der Waals surface area (Å²) in [6.07, 6.45) is -8.48. The van der Waals surface area contributed by atoms with Crippen LogP contribution >= 0.6 is 0 Å². The largest absolute Gasteiger partial charge is 0.387 e. The Morgan fingerprint density at radius 1 is 0.692 bits per heavy atom. The maximum atomic E-state index is 9.29. The third kappa shape index (κ3) is 1.69. The summed E-state index contributed by atoms with van der Waals surface area (Å²) in [7, 11) is 1.23. The van der Waals surface area contributed by atoms with Crippen molar-refractivity contribution in [3.8, 4) is 0 Å². The lowest BCUT2D eigenvalue weighted by Crippen LogP contribution is -2.64. The molecule has 1 fully saturated rings. The molecule has 0 aromatic heterocycles. The van der Waals surface area contributed by atoms with E-state index in [4.69, 9.17) is 5.11 Å². The fourth-order valence-corrected chi connectivity index (χ4v) is 1.48. The van der Waals surface area contributed by atoms with E-state index in [0.29, 0.717) is 0 Å². The van der Waals surface area contributed by atoms with E-state index in [1.54, 1.807) is 0 Å². The third-order valence-electron chi connectivity index (χ3n) is 2.35. The van der Waals surface area contributed by atoms with E-state index < -0.39 is 36.6 Å². The smallest absolute Gasteiger partial charge is 0.114 e. The quantitative estimate of drug-likeness (QED) is 0.301. The van der Waals surface area contributed by atoms with E-state index in [2.05, 4.69) is 4.74 Å². The second-order valence-corrected chi connectivity index (χ2v) is 3.15. The molecule has 3 unspecified atom stereocenters. The first-order chi connectivity index (χ1) is 6.00. The molecule has 0 aromatic carbocycles. The fraction of sp³-hybridized carbons (Fsp3) is 1.00. The van der Waals surface area contributed by atoms with Crippen molar-refractivity contribution in [1.82, 2.24) is 0 Å². The molecule has 13 heavy (non-hydrogen) atoms. The summed E-state index contributed by atoms with van der Waals surface area (Å²) in [5, 5.41) is 46.1. The highest BCUT2D eigenvalue weighted by atomic mass is 16.5. The molecule has 0 spiro atoms. The summed E-state index contributed by atoms with van der Waals surface area (Å²) in [5.74, 6) is 0. The number of rotatable bonds is 1. The molecule has 6 atom stereocenters. The molecule has 1 aliphatic rings. The topological polar surface area (TPSA) is 110 Å². The lowest BCUT2D eigenvalue weighted by Gasteiger charge is -2.40. The fourth-order valence-electron chi connectivity index (χ4n) is 1.48. The van der Waals surface area contributed by atoms with Crippen molar-refractivity contribution in [1.29, 1.82) is 0 Å². The third-order valence-corrected chi connectivity index (χ3v) is 2.35. The number of hydrogen-bond acceptors (Lipinski definition) is 6. The van der Waals surface area contributed by atoms with Crippen molar-refractivity contribution >= 4 is 0 Å². The average Bonchev–Trinajstić information content (AvgIpc) is 2.13. The maximum Gasteiger partial charge on any atom is 0.114 e. The van der Waals surface area contributed by atoms with Gasteiger partial charge >= 0.3 is 0 Å². The highest BCUT2D eigenvalue weighted by Crippen LogP contribution is 2.23. The van der Waals surface area contributed by atoms with Gasteiger partial charge in [0.25, 0.3) is 0 Å². The van der Waals surface area contributed by atoms with Crippen LogP contribution in [0.1, 0.15) is 0 Å². The minimum atomic E-state index is -1.56. The predicted octanol–water partition coefficient (Wildman–Crippen LogP) is -3.18. The number of aliphatic hydroxyl groups excluding tert-OH is 5. The molecular weight excluding hydrogens is 180 g/mol. The van der Waals surface area contributed by atoms with Crippen molar-refractivity contribution in [2.45, 2.75) is 36.6 Å². The van der Waals surface area contributed by atoms with E-state index in [9.17, 15) is 20.4 Å². The predicted molar refractivity (Wildman–Crippen MR) is 40.8 cm³/mol.